The lowest BCUT2D eigenvalue weighted by Crippen LogP contribution is -2.29. The van der Waals surface area contributed by atoms with Crippen molar-refractivity contribution in [2.24, 2.45) is 17.8 Å². The van der Waals surface area contributed by atoms with Crippen molar-refractivity contribution >= 4 is 11.9 Å². The standard InChI is InChI=1S/C9H13NO3/c1-4-2-7(4)10-8(11)5-3-6(5)9(12)13/h4-7H,2-3H2,1H3,(H,10,11)(H,12,13)/t4?,5-,6+,7?/m1/s1. The first kappa shape index (κ1) is 8.53. The smallest absolute Gasteiger partial charge is 0.307 e. The number of carboxylic acid groups (broad SMARTS) is 1. The number of rotatable bonds is 3. The summed E-state index contributed by atoms with van der Waals surface area (Å²) >= 11 is 0. The van der Waals surface area contributed by atoms with Crippen molar-refractivity contribution in [2.45, 2.75) is 25.8 Å². The number of carbonyl (C=O) groups is 2. The summed E-state index contributed by atoms with van der Waals surface area (Å²) in [5.74, 6) is -1.02. The van der Waals surface area contributed by atoms with Crippen LogP contribution in [0.2, 0.25) is 0 Å². The maximum absolute atomic E-state index is 11.3. The van der Waals surface area contributed by atoms with Crippen LogP contribution in [0, 0.1) is 17.8 Å². The van der Waals surface area contributed by atoms with E-state index >= 15 is 0 Å². The number of carboxylic acids is 1. The molecule has 0 radical (unpaired) electrons. The molecule has 1 amide bonds. The van der Waals surface area contributed by atoms with Crippen LogP contribution >= 0.6 is 0 Å². The molecule has 4 atom stereocenters. The van der Waals surface area contributed by atoms with Crippen LogP contribution in [0.4, 0.5) is 0 Å². The maximum atomic E-state index is 11.3. The summed E-state index contributed by atoms with van der Waals surface area (Å²) in [6.45, 7) is 2.08. The number of amides is 1. The van der Waals surface area contributed by atoms with Crippen LogP contribution in [0.5, 0.6) is 0 Å². The summed E-state index contributed by atoms with van der Waals surface area (Å²) in [5, 5.41) is 11.4. The minimum Gasteiger partial charge on any atom is -0.481 e. The van der Waals surface area contributed by atoms with E-state index in [9.17, 15) is 9.59 Å². The fraction of sp³-hybridized carbons (Fsp3) is 0.778. The lowest BCUT2D eigenvalue weighted by molar-refractivity contribution is -0.140. The molecule has 0 bridgehead atoms. The van der Waals surface area contributed by atoms with Gasteiger partial charge in [0.15, 0.2) is 0 Å². The van der Waals surface area contributed by atoms with Crippen LogP contribution in [0.15, 0.2) is 0 Å². The average molecular weight is 183 g/mol. The number of aliphatic carboxylic acids is 1. The highest BCUT2D eigenvalue weighted by atomic mass is 16.4. The molecule has 4 nitrogen and oxygen atoms in total. The molecular formula is C9H13NO3. The van der Waals surface area contributed by atoms with Crippen LogP contribution in [0.3, 0.4) is 0 Å². The van der Waals surface area contributed by atoms with Gasteiger partial charge in [-0.2, -0.15) is 0 Å². The first-order valence-electron chi connectivity index (χ1n) is 4.62. The topological polar surface area (TPSA) is 66.4 Å². The van der Waals surface area contributed by atoms with Crippen molar-refractivity contribution in [3.63, 3.8) is 0 Å². The van der Waals surface area contributed by atoms with Gasteiger partial charge in [0.1, 0.15) is 0 Å². The summed E-state index contributed by atoms with van der Waals surface area (Å²) in [4.78, 5) is 21.8. The van der Waals surface area contributed by atoms with Crippen molar-refractivity contribution in [1.82, 2.24) is 5.32 Å². The summed E-state index contributed by atoms with van der Waals surface area (Å²) in [5.41, 5.74) is 0. The number of hydrogen-bond donors (Lipinski definition) is 2. The summed E-state index contributed by atoms with van der Waals surface area (Å²) in [6, 6.07) is 0.308. The average Bonchev–Trinajstić information content (AvgIpc) is 2.86. The van der Waals surface area contributed by atoms with Crippen LogP contribution in [-0.4, -0.2) is 23.0 Å². The van der Waals surface area contributed by atoms with E-state index < -0.39 is 11.9 Å². The Bertz CT molecular complexity index is 264. The zero-order valence-corrected chi connectivity index (χ0v) is 7.49. The Hall–Kier alpha value is -1.06. The molecule has 0 aromatic heterocycles. The van der Waals surface area contributed by atoms with E-state index in [0.29, 0.717) is 18.4 Å². The van der Waals surface area contributed by atoms with E-state index in [1.165, 1.54) is 0 Å². The first-order chi connectivity index (χ1) is 6.09. The molecule has 2 N–H and O–H groups in total. The van der Waals surface area contributed by atoms with E-state index in [1.54, 1.807) is 0 Å². The third kappa shape index (κ3) is 1.66. The number of carbonyl (C=O) groups excluding carboxylic acids is 1. The molecule has 4 heteroatoms. The molecule has 2 saturated carbocycles. The van der Waals surface area contributed by atoms with E-state index in [4.69, 9.17) is 5.11 Å². The van der Waals surface area contributed by atoms with Crippen molar-refractivity contribution in [3.05, 3.63) is 0 Å². The Labute approximate surface area is 76.3 Å². The highest BCUT2D eigenvalue weighted by Gasteiger charge is 2.49. The molecule has 2 aliphatic rings. The van der Waals surface area contributed by atoms with Crippen LogP contribution < -0.4 is 5.32 Å². The Morgan fingerprint density at radius 2 is 1.92 bits per heavy atom. The summed E-state index contributed by atoms with van der Waals surface area (Å²) in [7, 11) is 0. The monoisotopic (exact) mass is 183 g/mol. The largest absolute Gasteiger partial charge is 0.481 e. The molecule has 0 spiro atoms. The normalized spacial score (nSPS) is 41.0. The van der Waals surface area contributed by atoms with Crippen LogP contribution in [-0.2, 0) is 9.59 Å². The highest BCUT2D eigenvalue weighted by molar-refractivity contribution is 5.89. The van der Waals surface area contributed by atoms with Gasteiger partial charge in [-0.05, 0) is 18.8 Å². The third-order valence-electron chi connectivity index (χ3n) is 2.88. The second-order valence-corrected chi connectivity index (χ2v) is 4.11. The molecule has 2 fully saturated rings. The highest BCUT2D eigenvalue weighted by Crippen LogP contribution is 2.40. The molecule has 0 aromatic rings. The fourth-order valence-corrected chi connectivity index (χ4v) is 1.57. The summed E-state index contributed by atoms with van der Waals surface area (Å²) in [6.07, 6.45) is 1.55. The van der Waals surface area contributed by atoms with Crippen molar-refractivity contribution in [3.8, 4) is 0 Å². The number of hydrogen-bond acceptors (Lipinski definition) is 2. The second kappa shape index (κ2) is 2.72. The van der Waals surface area contributed by atoms with Gasteiger partial charge in [0, 0.05) is 6.04 Å². The molecule has 13 heavy (non-hydrogen) atoms. The van der Waals surface area contributed by atoms with Crippen molar-refractivity contribution < 1.29 is 14.7 Å². The van der Waals surface area contributed by atoms with Gasteiger partial charge >= 0.3 is 5.97 Å². The van der Waals surface area contributed by atoms with Gasteiger partial charge in [-0.15, -0.1) is 0 Å². The lowest BCUT2D eigenvalue weighted by atomic mass is 10.3. The second-order valence-electron chi connectivity index (χ2n) is 4.11. The Kier molecular flexibility index (Phi) is 1.78. The molecular weight excluding hydrogens is 170 g/mol. The van der Waals surface area contributed by atoms with E-state index in [0.717, 1.165) is 6.42 Å². The number of nitrogens with one attached hydrogen (secondary N) is 1. The third-order valence-corrected chi connectivity index (χ3v) is 2.88. The van der Waals surface area contributed by atoms with Gasteiger partial charge in [-0.1, -0.05) is 6.92 Å². The minimum atomic E-state index is -0.844. The summed E-state index contributed by atoms with van der Waals surface area (Å²) < 4.78 is 0. The maximum Gasteiger partial charge on any atom is 0.307 e. The van der Waals surface area contributed by atoms with Crippen LogP contribution in [0.25, 0.3) is 0 Å². The predicted octanol–water partition coefficient (Wildman–Crippen LogP) is 0.232. The quantitative estimate of drug-likeness (QED) is 0.658. The van der Waals surface area contributed by atoms with Gasteiger partial charge in [0.25, 0.3) is 0 Å². The fourth-order valence-electron chi connectivity index (χ4n) is 1.57. The van der Waals surface area contributed by atoms with Gasteiger partial charge in [-0.3, -0.25) is 9.59 Å². The Morgan fingerprint density at radius 1 is 1.31 bits per heavy atom. The molecule has 0 saturated heterocycles. The van der Waals surface area contributed by atoms with Gasteiger partial charge in [0.05, 0.1) is 11.8 Å². The minimum absolute atomic E-state index is 0.0678. The van der Waals surface area contributed by atoms with E-state index in [2.05, 4.69) is 12.2 Å². The molecule has 2 rings (SSSR count). The van der Waals surface area contributed by atoms with Crippen molar-refractivity contribution in [1.29, 1.82) is 0 Å². The molecule has 2 aliphatic carbocycles. The molecule has 72 valence electrons. The Morgan fingerprint density at radius 3 is 2.31 bits per heavy atom. The predicted molar refractivity (Wildman–Crippen MR) is 44.9 cm³/mol. The lowest BCUT2D eigenvalue weighted by Gasteiger charge is -2.00. The zero-order valence-electron chi connectivity index (χ0n) is 7.49. The van der Waals surface area contributed by atoms with Gasteiger partial charge in [-0.25, -0.2) is 0 Å². The molecule has 2 unspecified atom stereocenters. The van der Waals surface area contributed by atoms with Gasteiger partial charge < -0.3 is 10.4 Å². The first-order valence-corrected chi connectivity index (χ1v) is 4.62. The molecule has 0 aliphatic heterocycles. The van der Waals surface area contributed by atoms with E-state index in [-0.39, 0.29) is 11.8 Å². The Balaban J connectivity index is 1.77. The zero-order chi connectivity index (χ0) is 9.59. The SMILES string of the molecule is CC1CC1NC(=O)[C@@H]1C[C@@H]1C(=O)O. The van der Waals surface area contributed by atoms with Gasteiger partial charge in [0.2, 0.25) is 5.91 Å². The van der Waals surface area contributed by atoms with Crippen molar-refractivity contribution in [2.75, 3.05) is 0 Å². The van der Waals surface area contributed by atoms with E-state index in [1.807, 2.05) is 0 Å². The van der Waals surface area contributed by atoms with Crippen LogP contribution in [0.1, 0.15) is 19.8 Å². The molecule has 0 aromatic carbocycles. The molecule has 0 heterocycles.